The summed E-state index contributed by atoms with van der Waals surface area (Å²) in [4.78, 5) is 2.36. The van der Waals surface area contributed by atoms with Crippen molar-refractivity contribution in [3.8, 4) is 0 Å². The summed E-state index contributed by atoms with van der Waals surface area (Å²) in [5.74, 6) is 0.707. The predicted molar refractivity (Wildman–Crippen MR) is 55.9 cm³/mol. The van der Waals surface area contributed by atoms with E-state index in [9.17, 15) is 0 Å². The molecule has 0 aromatic rings. The Labute approximate surface area is 82.3 Å². The van der Waals surface area contributed by atoms with Gasteiger partial charge in [0.15, 0.2) is 0 Å². The molecule has 1 rings (SSSR count). The smallest absolute Gasteiger partial charge is 0.0593 e. The van der Waals surface area contributed by atoms with Crippen LogP contribution in [0.1, 0.15) is 27.2 Å². The van der Waals surface area contributed by atoms with Gasteiger partial charge in [0.05, 0.1) is 13.2 Å². The van der Waals surface area contributed by atoms with Crippen molar-refractivity contribution >= 4 is 0 Å². The van der Waals surface area contributed by atoms with Crippen LogP contribution in [-0.2, 0) is 4.74 Å². The van der Waals surface area contributed by atoms with E-state index in [1.54, 1.807) is 0 Å². The van der Waals surface area contributed by atoms with E-state index in [4.69, 9.17) is 4.74 Å². The lowest BCUT2D eigenvalue weighted by molar-refractivity contribution is -0.00960. The molecule has 1 saturated heterocycles. The molecule has 1 atom stereocenters. The second kappa shape index (κ2) is 4.43. The fourth-order valence-electron chi connectivity index (χ4n) is 1.61. The number of rotatable bonds is 1. The van der Waals surface area contributed by atoms with Crippen molar-refractivity contribution in [3.05, 3.63) is 0 Å². The van der Waals surface area contributed by atoms with Crippen LogP contribution in [0.2, 0.25) is 0 Å². The Morgan fingerprint density at radius 2 is 2.00 bits per heavy atom. The molecule has 0 aliphatic carbocycles. The second-order valence-electron chi connectivity index (χ2n) is 4.91. The molecule has 1 unspecified atom stereocenters. The Hall–Kier alpha value is -0.0800. The largest absolute Gasteiger partial charge is 0.380 e. The van der Waals surface area contributed by atoms with Gasteiger partial charge in [0.25, 0.3) is 0 Å². The molecular weight excluding hydrogens is 162 g/mol. The molecule has 0 amide bonds. The van der Waals surface area contributed by atoms with Crippen LogP contribution in [0.5, 0.6) is 0 Å². The van der Waals surface area contributed by atoms with Crippen molar-refractivity contribution < 1.29 is 4.74 Å². The lowest BCUT2D eigenvalue weighted by Crippen LogP contribution is -2.38. The van der Waals surface area contributed by atoms with Crippen LogP contribution >= 0.6 is 0 Å². The van der Waals surface area contributed by atoms with Gasteiger partial charge in [0, 0.05) is 6.54 Å². The van der Waals surface area contributed by atoms with Crippen LogP contribution in [0.15, 0.2) is 0 Å². The summed E-state index contributed by atoms with van der Waals surface area (Å²) in [6, 6.07) is 0. The molecule has 1 aliphatic heterocycles. The third-order valence-electron chi connectivity index (χ3n) is 3.51. The molecule has 0 radical (unpaired) electrons. The number of likely N-dealkylation sites (N-methyl/N-ethyl adjacent to an activating group) is 1. The highest BCUT2D eigenvalue weighted by Gasteiger charge is 2.29. The van der Waals surface area contributed by atoms with Gasteiger partial charge < -0.3 is 9.64 Å². The van der Waals surface area contributed by atoms with Crippen LogP contribution in [0, 0.1) is 11.3 Å². The topological polar surface area (TPSA) is 12.5 Å². The van der Waals surface area contributed by atoms with Crippen LogP contribution in [0.25, 0.3) is 0 Å². The summed E-state index contributed by atoms with van der Waals surface area (Å²) in [7, 11) is 2.18. The molecule has 78 valence electrons. The average Bonchev–Trinajstić information content (AvgIpc) is 2.06. The molecular formula is C11H23NO. The van der Waals surface area contributed by atoms with Crippen molar-refractivity contribution in [2.75, 3.05) is 33.4 Å². The van der Waals surface area contributed by atoms with Crippen molar-refractivity contribution in [3.63, 3.8) is 0 Å². The highest BCUT2D eigenvalue weighted by Crippen LogP contribution is 2.32. The third-order valence-corrected chi connectivity index (χ3v) is 3.51. The molecule has 1 fully saturated rings. The third kappa shape index (κ3) is 2.96. The van der Waals surface area contributed by atoms with Gasteiger partial charge in [0.2, 0.25) is 0 Å². The minimum Gasteiger partial charge on any atom is -0.380 e. The van der Waals surface area contributed by atoms with Gasteiger partial charge in [-0.1, -0.05) is 20.8 Å². The zero-order chi connectivity index (χ0) is 9.90. The second-order valence-corrected chi connectivity index (χ2v) is 4.91. The van der Waals surface area contributed by atoms with E-state index >= 15 is 0 Å². The Kier molecular flexibility index (Phi) is 3.74. The summed E-state index contributed by atoms with van der Waals surface area (Å²) in [6.45, 7) is 11.0. The molecule has 2 nitrogen and oxygen atoms in total. The summed E-state index contributed by atoms with van der Waals surface area (Å²) in [5, 5.41) is 0. The van der Waals surface area contributed by atoms with E-state index in [1.807, 2.05) is 0 Å². The van der Waals surface area contributed by atoms with Gasteiger partial charge in [-0.05, 0) is 31.3 Å². The number of ether oxygens (including phenoxy) is 1. The highest BCUT2D eigenvalue weighted by atomic mass is 16.5. The van der Waals surface area contributed by atoms with E-state index in [2.05, 4.69) is 32.7 Å². The Balaban J connectivity index is 2.53. The Morgan fingerprint density at radius 3 is 2.62 bits per heavy atom. The minimum atomic E-state index is 0.370. The monoisotopic (exact) mass is 185 g/mol. The van der Waals surface area contributed by atoms with Gasteiger partial charge in [0.1, 0.15) is 0 Å². The van der Waals surface area contributed by atoms with Crippen molar-refractivity contribution in [2.24, 2.45) is 11.3 Å². The Morgan fingerprint density at radius 1 is 1.31 bits per heavy atom. The zero-order valence-corrected chi connectivity index (χ0v) is 9.47. The number of hydrogen-bond donors (Lipinski definition) is 0. The van der Waals surface area contributed by atoms with Crippen molar-refractivity contribution in [2.45, 2.75) is 27.2 Å². The first-order valence-corrected chi connectivity index (χ1v) is 5.31. The van der Waals surface area contributed by atoms with Gasteiger partial charge >= 0.3 is 0 Å². The van der Waals surface area contributed by atoms with E-state index < -0.39 is 0 Å². The average molecular weight is 185 g/mol. The molecule has 0 spiro atoms. The summed E-state index contributed by atoms with van der Waals surface area (Å²) < 4.78 is 5.68. The first-order chi connectivity index (χ1) is 6.04. The normalized spacial score (nSPS) is 33.0. The summed E-state index contributed by atoms with van der Waals surface area (Å²) in [5.41, 5.74) is 0.370. The summed E-state index contributed by atoms with van der Waals surface area (Å²) in [6.07, 6.45) is 1.25. The van der Waals surface area contributed by atoms with Crippen LogP contribution < -0.4 is 0 Å². The van der Waals surface area contributed by atoms with E-state index in [0.29, 0.717) is 11.3 Å². The lowest BCUT2D eigenvalue weighted by atomic mass is 9.77. The van der Waals surface area contributed by atoms with Gasteiger partial charge in [-0.25, -0.2) is 0 Å². The molecule has 0 bridgehead atoms. The Bertz CT molecular complexity index is 158. The fourth-order valence-corrected chi connectivity index (χ4v) is 1.61. The van der Waals surface area contributed by atoms with Crippen LogP contribution in [0.4, 0.5) is 0 Å². The van der Waals surface area contributed by atoms with Crippen LogP contribution in [0.3, 0.4) is 0 Å². The van der Waals surface area contributed by atoms with Gasteiger partial charge in [-0.15, -0.1) is 0 Å². The molecule has 0 aromatic carbocycles. The van der Waals surface area contributed by atoms with Gasteiger partial charge in [-0.2, -0.15) is 0 Å². The maximum absolute atomic E-state index is 5.68. The lowest BCUT2D eigenvalue weighted by Gasteiger charge is -2.37. The molecule has 1 heterocycles. The van der Waals surface area contributed by atoms with Crippen molar-refractivity contribution in [1.29, 1.82) is 0 Å². The molecule has 1 aliphatic rings. The zero-order valence-electron chi connectivity index (χ0n) is 9.47. The maximum atomic E-state index is 5.68. The first kappa shape index (κ1) is 11.0. The summed E-state index contributed by atoms with van der Waals surface area (Å²) >= 11 is 0. The first-order valence-electron chi connectivity index (χ1n) is 5.31. The van der Waals surface area contributed by atoms with Crippen LogP contribution in [-0.4, -0.2) is 38.3 Å². The minimum absolute atomic E-state index is 0.370. The molecule has 0 aromatic heterocycles. The molecule has 2 heteroatoms. The SMILES string of the molecule is CC(C)C1(C)CCN(C)CCOC1. The quantitative estimate of drug-likeness (QED) is 0.619. The molecule has 13 heavy (non-hydrogen) atoms. The maximum Gasteiger partial charge on any atom is 0.0593 e. The number of nitrogens with zero attached hydrogens (tertiary/aromatic N) is 1. The molecule has 0 saturated carbocycles. The number of hydrogen-bond acceptors (Lipinski definition) is 2. The standard InChI is InChI=1S/C11H23NO/c1-10(2)11(3)5-6-12(4)7-8-13-9-11/h10H,5-9H2,1-4H3. The van der Waals surface area contributed by atoms with Gasteiger partial charge in [-0.3, -0.25) is 0 Å². The van der Waals surface area contributed by atoms with E-state index in [-0.39, 0.29) is 0 Å². The van der Waals surface area contributed by atoms with Crippen molar-refractivity contribution in [1.82, 2.24) is 4.90 Å². The molecule has 0 N–H and O–H groups in total. The highest BCUT2D eigenvalue weighted by molar-refractivity contribution is 4.79. The van der Waals surface area contributed by atoms with E-state index in [1.165, 1.54) is 13.0 Å². The van der Waals surface area contributed by atoms with E-state index in [0.717, 1.165) is 19.8 Å². The predicted octanol–water partition coefficient (Wildman–Crippen LogP) is 2.00. The fraction of sp³-hybridized carbons (Fsp3) is 1.00.